The summed E-state index contributed by atoms with van der Waals surface area (Å²) in [6.45, 7) is 28.4. The molecule has 1 aliphatic heterocycles. The number of carbonyl (C=O) groups excluding carboxylic acids is 11. The molecule has 1 fully saturated rings. The molecule has 0 spiro atoms. The van der Waals surface area contributed by atoms with Gasteiger partial charge < -0.3 is 65.8 Å². The van der Waals surface area contributed by atoms with Gasteiger partial charge in [0.25, 0.3) is 5.91 Å². The highest BCUT2D eigenvalue weighted by atomic mass is 16.3. The van der Waals surface area contributed by atoms with E-state index < -0.39 is 155 Å². The smallest absolute Gasteiger partial charge is 0.276 e. The first kappa shape index (κ1) is 77.8. The second-order valence-corrected chi connectivity index (χ2v) is 26.2. The summed E-state index contributed by atoms with van der Waals surface area (Å²) in [4.78, 5) is 168. The average molecular weight is 1220 g/mol. The van der Waals surface area contributed by atoms with E-state index in [9.17, 15) is 53.4 Å². The lowest BCUT2D eigenvalue weighted by molar-refractivity contribution is -0.194. The van der Waals surface area contributed by atoms with E-state index in [0.717, 1.165) is 14.7 Å². The maximum Gasteiger partial charge on any atom is 0.276 e. The molecule has 0 aromatic carbocycles. The van der Waals surface area contributed by atoms with Gasteiger partial charge in [-0.05, 0) is 94.8 Å². The highest BCUT2D eigenvalue weighted by Gasteiger charge is 2.53. The van der Waals surface area contributed by atoms with Gasteiger partial charge in [0.2, 0.25) is 64.8 Å². The molecule has 0 aromatic heterocycles. The van der Waals surface area contributed by atoms with Gasteiger partial charge in [-0.15, -0.1) is 0 Å². The largest absolute Gasteiger partial charge is 0.390 e. The number of allylic oxidation sites excluding steroid dienone is 2. The van der Waals surface area contributed by atoms with Gasteiger partial charge in [-0.3, -0.25) is 52.7 Å². The van der Waals surface area contributed by atoms with Gasteiger partial charge in [0, 0.05) is 55.3 Å². The lowest BCUT2D eigenvalue weighted by Crippen LogP contribution is -2.69. The zero-order chi connectivity index (χ0) is 66.9. The van der Waals surface area contributed by atoms with Crippen molar-refractivity contribution in [2.45, 2.75) is 222 Å². The van der Waals surface area contributed by atoms with Crippen LogP contribution in [0.5, 0.6) is 0 Å². The van der Waals surface area contributed by atoms with Crippen molar-refractivity contribution in [1.82, 2.24) is 55.6 Å². The van der Waals surface area contributed by atoms with Crippen molar-refractivity contribution in [3.63, 3.8) is 0 Å². The molecule has 11 amide bonds. The van der Waals surface area contributed by atoms with Crippen LogP contribution in [0.25, 0.3) is 0 Å². The molecule has 12 atom stereocenters. The van der Waals surface area contributed by atoms with Gasteiger partial charge in [-0.25, -0.2) is 0 Å². The van der Waals surface area contributed by atoms with E-state index in [1.165, 1.54) is 96.6 Å². The number of nitrogens with zero attached hydrogens (tertiary/aromatic N) is 7. The third-order valence-corrected chi connectivity index (χ3v) is 16.4. The van der Waals surface area contributed by atoms with Crippen LogP contribution in [0.1, 0.15) is 156 Å². The molecular formula is C62H111N11O13. The quantitative estimate of drug-likeness (QED) is 0.129. The minimum Gasteiger partial charge on any atom is -0.390 e. The van der Waals surface area contributed by atoms with E-state index in [4.69, 9.17) is 0 Å². The van der Waals surface area contributed by atoms with Crippen molar-refractivity contribution >= 4 is 65.0 Å². The Kier molecular flexibility index (Phi) is 31.1. The first-order chi connectivity index (χ1) is 39.6. The lowest BCUT2D eigenvalue weighted by atomic mass is 9.90. The Morgan fingerprint density at radius 2 is 0.953 bits per heavy atom. The number of hydrogen-bond acceptors (Lipinski definition) is 13. The number of aliphatic hydroxyl groups excluding tert-OH is 1. The first-order valence-corrected chi connectivity index (χ1v) is 30.7. The predicted molar refractivity (Wildman–Crippen MR) is 330 cm³/mol. The number of hydrogen-bond donors (Lipinski definition) is 6. The summed E-state index contributed by atoms with van der Waals surface area (Å²) in [5.74, 6) is -11.6. The Morgan fingerprint density at radius 1 is 0.523 bits per heavy atom. The molecular weight excluding hydrogens is 1110 g/mol. The summed E-state index contributed by atoms with van der Waals surface area (Å²) in [5, 5.41) is 35.7. The van der Waals surface area contributed by atoms with Gasteiger partial charge in [0.15, 0.2) is 0 Å². The summed E-state index contributed by atoms with van der Waals surface area (Å²) in [6.07, 6.45) is 2.50. The van der Waals surface area contributed by atoms with E-state index in [2.05, 4.69) is 21.3 Å². The third kappa shape index (κ3) is 20.5. The molecule has 1 rings (SSSR count). The SMILES string of the molecule is C/C=C/C[C@@H](C)[C@@H](O)[C@H]1C(=O)N[C@@H](CC)C(=O)N(C)CC(=O)N(C)[C@@H](CC(C)C)C(=O)N[C@@H](C(C)C)C(=O)N(C)[C@@H](CC(C)C)C(=O)N[C@@H](C)C(=O)N[C@H](C)C(=O)N(C)[C@@H](CC(C)C)C(=O)N(C)[C@@H](CC(C)C)C(=O)N(C)[C@](O)(C(C)C)C(=O)N1C. The van der Waals surface area contributed by atoms with Gasteiger partial charge in [-0.1, -0.05) is 109 Å². The van der Waals surface area contributed by atoms with Crippen LogP contribution in [-0.4, -0.2) is 232 Å². The molecule has 0 aromatic rings. The first-order valence-electron chi connectivity index (χ1n) is 30.7. The third-order valence-electron chi connectivity index (χ3n) is 16.4. The molecule has 0 unspecified atom stereocenters. The van der Waals surface area contributed by atoms with Crippen LogP contribution < -0.4 is 21.3 Å². The molecule has 0 saturated carbocycles. The van der Waals surface area contributed by atoms with Crippen molar-refractivity contribution < 1.29 is 63.0 Å². The monoisotopic (exact) mass is 1220 g/mol. The van der Waals surface area contributed by atoms with E-state index in [0.29, 0.717) is 0 Å². The molecule has 1 saturated heterocycles. The molecule has 0 bridgehead atoms. The fourth-order valence-electron chi connectivity index (χ4n) is 10.6. The summed E-state index contributed by atoms with van der Waals surface area (Å²) in [5.41, 5.74) is -2.74. The van der Waals surface area contributed by atoms with Crippen LogP contribution in [0, 0.1) is 41.4 Å². The van der Waals surface area contributed by atoms with Crippen LogP contribution in [-0.2, 0) is 52.7 Å². The summed E-state index contributed by atoms with van der Waals surface area (Å²) in [6, 6.07) is -11.7. The van der Waals surface area contributed by atoms with E-state index >= 15 is 9.59 Å². The Morgan fingerprint density at radius 3 is 1.41 bits per heavy atom. The summed E-state index contributed by atoms with van der Waals surface area (Å²) in [7, 11) is 9.34. The van der Waals surface area contributed by atoms with Gasteiger partial charge in [0.1, 0.15) is 54.4 Å². The van der Waals surface area contributed by atoms with Crippen LogP contribution in [0.3, 0.4) is 0 Å². The molecule has 0 radical (unpaired) electrons. The number of aliphatic hydroxyl groups is 2. The number of likely N-dealkylation sites (N-methyl/N-ethyl adjacent to an activating group) is 7. The van der Waals surface area contributed by atoms with Crippen LogP contribution in [0.15, 0.2) is 12.2 Å². The van der Waals surface area contributed by atoms with Crippen molar-refractivity contribution in [2.24, 2.45) is 41.4 Å². The number of rotatable bonds is 15. The number of carbonyl (C=O) groups is 11. The minimum atomic E-state index is -2.74. The van der Waals surface area contributed by atoms with E-state index in [1.807, 2.05) is 55.4 Å². The average Bonchev–Trinajstić information content (AvgIpc) is 1.15. The van der Waals surface area contributed by atoms with Crippen LogP contribution >= 0.6 is 0 Å². The molecule has 1 heterocycles. The Hall–Kier alpha value is -6.17. The fraction of sp³-hybridized carbons (Fsp3) is 0.790. The maximum atomic E-state index is 15.2. The zero-order valence-electron chi connectivity index (χ0n) is 56.4. The minimum absolute atomic E-state index is 0.0224. The molecule has 492 valence electrons. The lowest BCUT2D eigenvalue weighted by Gasteiger charge is -2.45. The molecule has 0 aliphatic carbocycles. The topological polar surface area (TPSA) is 299 Å². The Labute approximate surface area is 513 Å². The van der Waals surface area contributed by atoms with Gasteiger partial charge >= 0.3 is 0 Å². The molecule has 1 aliphatic rings. The van der Waals surface area contributed by atoms with Crippen molar-refractivity contribution in [2.75, 3.05) is 55.9 Å². The van der Waals surface area contributed by atoms with Crippen molar-refractivity contribution in [3.8, 4) is 0 Å². The van der Waals surface area contributed by atoms with Gasteiger partial charge in [-0.2, -0.15) is 0 Å². The summed E-state index contributed by atoms with van der Waals surface area (Å²) >= 11 is 0. The molecule has 6 N–H and O–H groups in total. The predicted octanol–water partition coefficient (Wildman–Crippen LogP) is 2.59. The fourth-order valence-corrected chi connectivity index (χ4v) is 10.6. The molecule has 24 nitrogen and oxygen atoms in total. The Balaban J connectivity index is 4.38. The highest BCUT2D eigenvalue weighted by Crippen LogP contribution is 2.30. The second kappa shape index (κ2) is 34.4. The van der Waals surface area contributed by atoms with Gasteiger partial charge in [0.05, 0.1) is 12.6 Å². The molecule has 86 heavy (non-hydrogen) atoms. The normalized spacial score (nSPS) is 27.6. The Bertz CT molecular complexity index is 2380. The van der Waals surface area contributed by atoms with Crippen LogP contribution in [0.4, 0.5) is 0 Å². The maximum absolute atomic E-state index is 15.2. The van der Waals surface area contributed by atoms with Crippen LogP contribution in [0.2, 0.25) is 0 Å². The molecule has 24 heteroatoms. The number of nitrogens with one attached hydrogen (secondary N) is 4. The van der Waals surface area contributed by atoms with Crippen molar-refractivity contribution in [1.29, 1.82) is 0 Å². The standard InChI is InChI=1S/C62H111N11O13/c1-25-27-28-40(15)51(75)50-55(79)65-43(26-2)57(81)67(18)33-48(74)68(19)44(29-34(3)4)54(78)66-49(38(11)12)60(84)69(20)45(30-35(5)6)53(77)63-41(16)52(76)64-42(17)56(80)70(21)46(31-36(7)8)58(82)71(22)47(32-37(9)10)59(83)73(24)62(86,39(13)14)61(85)72(50)23/h25,27,34-47,49-51,75,86H,26,28-33H2,1-24H3,(H,63,77)(H,64,76)(H,65,79)(H,66,78)/b27-25+/t40-,41+,42-,43+,44+,45+,46+,47+,49+,50+,51-,62+/m1/s1. The zero-order valence-corrected chi connectivity index (χ0v) is 56.4. The van der Waals surface area contributed by atoms with E-state index in [1.54, 1.807) is 46.8 Å². The number of amides is 11. The highest BCUT2D eigenvalue weighted by molar-refractivity contribution is 6.00. The second-order valence-electron chi connectivity index (χ2n) is 26.2. The van der Waals surface area contributed by atoms with Crippen molar-refractivity contribution in [3.05, 3.63) is 12.2 Å². The summed E-state index contributed by atoms with van der Waals surface area (Å²) < 4.78 is 0. The van der Waals surface area contributed by atoms with E-state index in [-0.39, 0.29) is 62.2 Å².